The fourth-order valence-corrected chi connectivity index (χ4v) is 21.4. The van der Waals surface area contributed by atoms with Gasteiger partial charge < -0.3 is 19.9 Å². The van der Waals surface area contributed by atoms with Gasteiger partial charge in [0.1, 0.15) is 0 Å². The largest absolute Gasteiger partial charge is 3.00 e. The first kappa shape index (κ1) is 53.1. The number of aryl methyl sites for hydroxylation is 4. The van der Waals surface area contributed by atoms with E-state index in [0.717, 1.165) is 23.5 Å². The molecule has 2 saturated heterocycles. The summed E-state index contributed by atoms with van der Waals surface area (Å²) in [6.45, 7) is 40.8. The summed E-state index contributed by atoms with van der Waals surface area (Å²) in [4.78, 5) is 0. The van der Waals surface area contributed by atoms with E-state index < -0.39 is 32.9 Å². The Morgan fingerprint density at radius 2 is 0.720 bits per heavy atom. The van der Waals surface area contributed by atoms with Crippen LogP contribution in [-0.4, -0.2) is 46.0 Å². The number of hydrogen-bond donors (Lipinski definition) is 0. The van der Waals surface area contributed by atoms with Crippen LogP contribution in [0.5, 0.6) is 0 Å². The molecule has 10 radical (unpaired) electrons. The first-order valence-electron chi connectivity index (χ1n) is 17.0. The van der Waals surface area contributed by atoms with Crippen molar-refractivity contribution in [3.63, 3.8) is 0 Å². The van der Waals surface area contributed by atoms with Gasteiger partial charge in [0.05, 0.1) is 0 Å². The maximum atomic E-state index is 4.82. The Kier molecular flexibility index (Phi) is 26.7. The Morgan fingerprint density at radius 1 is 0.460 bits per heavy atom. The van der Waals surface area contributed by atoms with Crippen LogP contribution in [0.4, 0.5) is 11.4 Å². The van der Waals surface area contributed by atoms with E-state index in [1.807, 2.05) is 25.7 Å². The van der Waals surface area contributed by atoms with E-state index in [1.54, 1.807) is 13.1 Å². The standard InChI is InChI=1S/2C13H14N2.2C6H18NSi2.2Y/c2*1-10-5-3-6-11(2)13(10)15-9-12-7-4-8-14-12;2*1-8(2,3)7-9(4,5)6;;/h2*3-8H,9H2,1-2H3;2*1-6H3;;/q4*-1;2*+3. The number of para-hydroxylation sites is 2. The Morgan fingerprint density at radius 3 is 0.900 bits per heavy atom. The fraction of sp³-hybridized carbons (Fsp3) is 0.474. The molecular weight excluding hydrogens is 831 g/mol. The van der Waals surface area contributed by atoms with E-state index in [9.17, 15) is 0 Å². The molecule has 2 aromatic rings. The summed E-state index contributed by atoms with van der Waals surface area (Å²) in [6.07, 6.45) is 7.87. The molecule has 0 amide bonds. The van der Waals surface area contributed by atoms with E-state index >= 15 is 0 Å². The Balaban J connectivity index is 0. The second-order valence-corrected chi connectivity index (χ2v) is 35.4. The quantitative estimate of drug-likeness (QED) is 0.213. The summed E-state index contributed by atoms with van der Waals surface area (Å²) in [6, 6.07) is 14.5. The fourth-order valence-electron chi connectivity index (χ4n) is 5.30. The van der Waals surface area contributed by atoms with Crippen LogP contribution in [0, 0.1) is 78.6 Å². The van der Waals surface area contributed by atoms with Crippen LogP contribution in [0.25, 0.3) is 19.9 Å². The zero-order chi connectivity index (χ0) is 36.8. The predicted molar refractivity (Wildman–Crippen MR) is 224 cm³/mol. The van der Waals surface area contributed by atoms with E-state index in [0.29, 0.717) is 13.1 Å². The molecule has 0 saturated carbocycles. The van der Waals surface area contributed by atoms with E-state index in [1.165, 1.54) is 22.3 Å². The van der Waals surface area contributed by atoms with Gasteiger partial charge in [-0.1, -0.05) is 170 Å². The minimum atomic E-state index is -1.11. The summed E-state index contributed by atoms with van der Waals surface area (Å²) in [5.41, 5.74) is 7.09. The van der Waals surface area contributed by atoms with Crippen molar-refractivity contribution in [3.05, 3.63) is 129 Å². The molecule has 266 valence electrons. The van der Waals surface area contributed by atoms with Crippen molar-refractivity contribution in [2.45, 2.75) is 106 Å². The summed E-state index contributed by atoms with van der Waals surface area (Å²) in [7, 11) is -4.42. The van der Waals surface area contributed by atoms with Crippen molar-refractivity contribution in [2.75, 3.05) is 13.1 Å². The van der Waals surface area contributed by atoms with Crippen LogP contribution in [0.2, 0.25) is 78.6 Å². The SMILES string of the molecule is C[Si](C)(C)[N-][Si](C)(C)C.C[Si](C)(C)[N-][Si](C)(C)C.Cc1cccc(C)c1[N-]C[C]1[CH][CH][CH][N]1.Cc1cccc(C)c1[N-]C[C]1[CH][CH][CH][N]1.[Y+3].[Y+3]. The van der Waals surface area contributed by atoms with E-state index in [2.05, 4.69) is 164 Å². The summed E-state index contributed by atoms with van der Waals surface area (Å²) in [5, 5.41) is 17.6. The van der Waals surface area contributed by atoms with Crippen molar-refractivity contribution in [2.24, 2.45) is 0 Å². The number of benzene rings is 2. The second kappa shape index (κ2) is 25.2. The molecule has 0 spiro atoms. The minimum Gasteiger partial charge on any atom is -0.682 e. The third-order valence-corrected chi connectivity index (χ3v) is 17.0. The number of nitrogens with zero attached hydrogens (tertiary/aromatic N) is 6. The van der Waals surface area contributed by atoms with Crippen molar-refractivity contribution in [3.8, 4) is 0 Å². The number of rotatable bonds is 10. The molecule has 6 nitrogen and oxygen atoms in total. The molecule has 4 rings (SSSR count). The predicted octanol–water partition coefficient (Wildman–Crippen LogP) is 12.1. The summed E-state index contributed by atoms with van der Waals surface area (Å²) < 4.78 is 9.64. The van der Waals surface area contributed by atoms with Crippen LogP contribution >= 0.6 is 0 Å². The molecule has 12 heteroatoms. The van der Waals surface area contributed by atoms with Gasteiger partial charge in [-0.2, -0.15) is 0 Å². The molecule has 0 aromatic heterocycles. The zero-order valence-corrected chi connectivity index (χ0v) is 43.9. The molecule has 0 bridgehead atoms. The number of hydrogen-bond acceptors (Lipinski definition) is 0. The second-order valence-electron chi connectivity index (χ2n) is 16.3. The normalized spacial score (nSPS) is 15.2. The summed E-state index contributed by atoms with van der Waals surface area (Å²) in [5.74, 6) is 0. The third-order valence-electron chi connectivity index (χ3n) is 6.25. The van der Waals surface area contributed by atoms with Gasteiger partial charge >= 0.3 is 65.4 Å². The molecule has 50 heavy (non-hydrogen) atoms. The van der Waals surface area contributed by atoms with Gasteiger partial charge in [-0.25, -0.2) is 10.6 Å². The van der Waals surface area contributed by atoms with Crippen LogP contribution < -0.4 is 10.6 Å². The monoisotopic (exact) mass is 894 g/mol. The Bertz CT molecular complexity index is 1040. The molecule has 0 atom stereocenters. The van der Waals surface area contributed by atoms with Gasteiger partial charge in [0.15, 0.2) is 0 Å². The van der Waals surface area contributed by atoms with Crippen molar-refractivity contribution in [1.82, 2.24) is 10.6 Å². The molecule has 0 aliphatic carbocycles. The molecular formula is C38H64N6Si4Y2+2. The van der Waals surface area contributed by atoms with Crippen molar-refractivity contribution < 1.29 is 65.4 Å². The molecule has 2 aliphatic heterocycles. The van der Waals surface area contributed by atoms with E-state index in [-0.39, 0.29) is 65.4 Å². The summed E-state index contributed by atoms with van der Waals surface area (Å²) >= 11 is 0. The molecule has 2 aromatic carbocycles. The van der Waals surface area contributed by atoms with Gasteiger partial charge in [-0.3, -0.25) is 0 Å². The van der Waals surface area contributed by atoms with Gasteiger partial charge in [0.25, 0.3) is 0 Å². The maximum absolute atomic E-state index is 4.82. The average Bonchev–Trinajstić information content (AvgIpc) is 3.60. The molecule has 2 heterocycles. The van der Waals surface area contributed by atoms with Crippen molar-refractivity contribution in [1.29, 1.82) is 0 Å². The van der Waals surface area contributed by atoms with Gasteiger partial charge in [0.2, 0.25) is 0 Å². The van der Waals surface area contributed by atoms with Crippen LogP contribution in [0.3, 0.4) is 0 Å². The molecule has 2 fully saturated rings. The molecule has 2 aliphatic rings. The third kappa shape index (κ3) is 26.7. The zero-order valence-electron chi connectivity index (χ0n) is 34.2. The smallest absolute Gasteiger partial charge is 0.682 e. The van der Waals surface area contributed by atoms with Crippen LogP contribution in [-0.2, 0) is 65.4 Å². The van der Waals surface area contributed by atoms with Crippen molar-refractivity contribution >= 4 is 44.3 Å². The van der Waals surface area contributed by atoms with Gasteiger partial charge in [0, 0.05) is 25.2 Å². The van der Waals surface area contributed by atoms with Gasteiger partial charge in [-0.05, 0) is 53.4 Å². The molecule has 0 unspecified atom stereocenters. The molecule has 0 N–H and O–H groups in total. The topological polar surface area (TPSA) is 84.6 Å². The van der Waals surface area contributed by atoms with Gasteiger partial charge in [-0.15, -0.1) is 24.5 Å². The Hall–Kier alpha value is 0.955. The minimum absolute atomic E-state index is 0. The van der Waals surface area contributed by atoms with Crippen LogP contribution in [0.1, 0.15) is 22.3 Å². The van der Waals surface area contributed by atoms with E-state index in [4.69, 9.17) is 9.30 Å². The first-order valence-corrected chi connectivity index (χ1v) is 30.8. The first-order chi connectivity index (χ1) is 22.0. The average molecular weight is 895 g/mol. The Labute approximate surface area is 365 Å². The maximum Gasteiger partial charge on any atom is 3.00 e. The van der Waals surface area contributed by atoms with Crippen LogP contribution in [0.15, 0.2) is 36.4 Å².